The lowest BCUT2D eigenvalue weighted by Gasteiger charge is -2.07. The van der Waals surface area contributed by atoms with Crippen LogP contribution in [0.3, 0.4) is 0 Å². The van der Waals surface area contributed by atoms with E-state index in [9.17, 15) is 17.6 Å². The summed E-state index contributed by atoms with van der Waals surface area (Å²) in [5.74, 6) is -1.97. The zero-order valence-electron chi connectivity index (χ0n) is 10.5. The molecule has 0 amide bonds. The van der Waals surface area contributed by atoms with Crippen LogP contribution < -0.4 is 9.88 Å². The molecule has 0 fully saturated rings. The number of hydrogen-bond acceptors (Lipinski definition) is 4. The van der Waals surface area contributed by atoms with Gasteiger partial charge in [-0.25, -0.2) is 22.7 Å². The van der Waals surface area contributed by atoms with Crippen LogP contribution in [0.1, 0.15) is 10.4 Å². The molecule has 0 saturated heterocycles. The molecule has 3 N–H and O–H groups in total. The van der Waals surface area contributed by atoms with Crippen molar-refractivity contribution in [2.75, 3.05) is 0 Å². The van der Waals surface area contributed by atoms with Crippen molar-refractivity contribution in [2.45, 2.75) is 4.90 Å². The van der Waals surface area contributed by atoms with Crippen LogP contribution in [0, 0.1) is 5.82 Å². The highest BCUT2D eigenvalue weighted by atomic mass is 32.2. The third kappa shape index (κ3) is 3.56. The van der Waals surface area contributed by atoms with Crippen molar-refractivity contribution in [1.82, 2.24) is 0 Å². The molecule has 2 aromatic rings. The molecule has 0 aromatic heterocycles. The van der Waals surface area contributed by atoms with E-state index in [1.165, 1.54) is 30.3 Å². The number of carboxylic acids is 1. The van der Waals surface area contributed by atoms with E-state index in [0.717, 1.165) is 12.1 Å². The maximum absolute atomic E-state index is 13.5. The monoisotopic (exact) mass is 311 g/mol. The lowest BCUT2D eigenvalue weighted by molar-refractivity contribution is 0.0692. The highest BCUT2D eigenvalue weighted by molar-refractivity contribution is 7.89. The van der Waals surface area contributed by atoms with Gasteiger partial charge in [-0.15, -0.1) is 0 Å². The first kappa shape index (κ1) is 14.9. The van der Waals surface area contributed by atoms with Gasteiger partial charge in [0.1, 0.15) is 17.3 Å². The second-order valence-corrected chi connectivity index (χ2v) is 5.63. The quantitative estimate of drug-likeness (QED) is 0.897. The third-order valence-electron chi connectivity index (χ3n) is 2.56. The van der Waals surface area contributed by atoms with Crippen molar-refractivity contribution in [3.8, 4) is 11.5 Å². The Labute approximate surface area is 119 Å². The van der Waals surface area contributed by atoms with E-state index in [0.29, 0.717) is 0 Å². The van der Waals surface area contributed by atoms with Gasteiger partial charge in [-0.2, -0.15) is 0 Å². The molecule has 0 radical (unpaired) electrons. The summed E-state index contributed by atoms with van der Waals surface area (Å²) in [6.45, 7) is 0. The Balaban J connectivity index is 2.23. The van der Waals surface area contributed by atoms with E-state index in [2.05, 4.69) is 0 Å². The average molecular weight is 311 g/mol. The van der Waals surface area contributed by atoms with Crippen molar-refractivity contribution in [3.05, 3.63) is 53.8 Å². The van der Waals surface area contributed by atoms with E-state index < -0.39 is 27.4 Å². The summed E-state index contributed by atoms with van der Waals surface area (Å²) in [4.78, 5) is 10.6. The first-order chi connectivity index (χ1) is 9.77. The minimum absolute atomic E-state index is 0.0812. The van der Waals surface area contributed by atoms with E-state index >= 15 is 0 Å². The average Bonchev–Trinajstić information content (AvgIpc) is 2.38. The fraction of sp³-hybridized carbons (Fsp3) is 0. The number of sulfonamides is 1. The third-order valence-corrected chi connectivity index (χ3v) is 3.49. The SMILES string of the molecule is NS(=O)(=O)c1ccc(Oc2ccc(C(=O)O)c(F)c2)cc1. The maximum atomic E-state index is 13.5. The highest BCUT2D eigenvalue weighted by Gasteiger charge is 2.12. The largest absolute Gasteiger partial charge is 0.478 e. The number of carboxylic acid groups (broad SMARTS) is 1. The Morgan fingerprint density at radius 1 is 1.10 bits per heavy atom. The number of halogens is 1. The number of benzene rings is 2. The first-order valence-corrected chi connectivity index (χ1v) is 7.15. The molecule has 0 heterocycles. The molecular formula is C13H10FNO5S. The number of rotatable bonds is 4. The van der Waals surface area contributed by atoms with Gasteiger partial charge in [0, 0.05) is 6.07 Å². The number of ether oxygens (including phenoxy) is 1. The lowest BCUT2D eigenvalue weighted by Crippen LogP contribution is -2.11. The molecule has 0 bridgehead atoms. The van der Waals surface area contributed by atoms with Crippen molar-refractivity contribution in [2.24, 2.45) is 5.14 Å². The van der Waals surface area contributed by atoms with Gasteiger partial charge in [-0.3, -0.25) is 0 Å². The van der Waals surface area contributed by atoms with Crippen molar-refractivity contribution < 1.29 is 27.4 Å². The van der Waals surface area contributed by atoms with E-state index in [1.807, 2.05) is 0 Å². The van der Waals surface area contributed by atoms with E-state index in [4.69, 9.17) is 15.0 Å². The molecule has 2 rings (SSSR count). The molecule has 0 aliphatic carbocycles. The van der Waals surface area contributed by atoms with Gasteiger partial charge in [0.25, 0.3) is 0 Å². The molecule has 6 nitrogen and oxygen atoms in total. The molecule has 0 aliphatic heterocycles. The van der Waals surface area contributed by atoms with Gasteiger partial charge < -0.3 is 9.84 Å². The predicted molar refractivity (Wildman–Crippen MR) is 71.2 cm³/mol. The summed E-state index contributed by atoms with van der Waals surface area (Å²) in [5, 5.41) is 13.7. The summed E-state index contributed by atoms with van der Waals surface area (Å²) >= 11 is 0. The fourth-order valence-corrected chi connectivity index (χ4v) is 2.08. The summed E-state index contributed by atoms with van der Waals surface area (Å²) in [5.41, 5.74) is -0.466. The molecule has 21 heavy (non-hydrogen) atoms. The Morgan fingerprint density at radius 2 is 1.67 bits per heavy atom. The van der Waals surface area contributed by atoms with Crippen LogP contribution in [-0.4, -0.2) is 19.5 Å². The van der Waals surface area contributed by atoms with Gasteiger partial charge in [0.15, 0.2) is 0 Å². The van der Waals surface area contributed by atoms with Crippen molar-refractivity contribution in [3.63, 3.8) is 0 Å². The fourth-order valence-electron chi connectivity index (χ4n) is 1.57. The number of aromatic carboxylic acids is 1. The molecule has 2 aromatic carbocycles. The predicted octanol–water partition coefficient (Wildman–Crippen LogP) is 1.96. The zero-order valence-corrected chi connectivity index (χ0v) is 11.3. The van der Waals surface area contributed by atoms with E-state index in [1.54, 1.807) is 0 Å². The van der Waals surface area contributed by atoms with Gasteiger partial charge >= 0.3 is 5.97 Å². The summed E-state index contributed by atoms with van der Waals surface area (Å²) < 4.78 is 40.9. The molecule has 0 unspecified atom stereocenters. The molecule has 110 valence electrons. The minimum atomic E-state index is -3.80. The molecule has 0 saturated carbocycles. The Morgan fingerprint density at radius 3 is 2.14 bits per heavy atom. The summed E-state index contributed by atoms with van der Waals surface area (Å²) in [6.07, 6.45) is 0. The van der Waals surface area contributed by atoms with E-state index in [-0.39, 0.29) is 16.4 Å². The molecule has 0 spiro atoms. The van der Waals surface area contributed by atoms with Crippen molar-refractivity contribution in [1.29, 1.82) is 0 Å². The van der Waals surface area contributed by atoms with Crippen LogP contribution in [0.15, 0.2) is 47.4 Å². The molecule has 0 aliphatic rings. The molecular weight excluding hydrogens is 301 g/mol. The topological polar surface area (TPSA) is 107 Å². The van der Waals surface area contributed by atoms with Crippen molar-refractivity contribution >= 4 is 16.0 Å². The van der Waals surface area contributed by atoms with Gasteiger partial charge in [-0.1, -0.05) is 0 Å². The standard InChI is InChI=1S/C13H10FNO5S/c14-12-7-9(3-6-11(12)13(16)17)20-8-1-4-10(5-2-8)21(15,18)19/h1-7H,(H,16,17)(H2,15,18,19). The Bertz CT molecular complexity index is 787. The summed E-state index contributed by atoms with van der Waals surface area (Å²) in [7, 11) is -3.80. The number of nitrogens with two attached hydrogens (primary N) is 1. The van der Waals surface area contributed by atoms with Crippen LogP contribution in [0.5, 0.6) is 11.5 Å². The highest BCUT2D eigenvalue weighted by Crippen LogP contribution is 2.24. The second kappa shape index (κ2) is 5.51. The maximum Gasteiger partial charge on any atom is 0.338 e. The van der Waals surface area contributed by atoms with Crippen LogP contribution in [0.4, 0.5) is 4.39 Å². The summed E-state index contributed by atoms with van der Waals surface area (Å²) in [6, 6.07) is 8.48. The smallest absolute Gasteiger partial charge is 0.338 e. The van der Waals surface area contributed by atoms with Crippen LogP contribution >= 0.6 is 0 Å². The van der Waals surface area contributed by atoms with Gasteiger partial charge in [-0.05, 0) is 36.4 Å². The van der Waals surface area contributed by atoms with Crippen LogP contribution in [0.2, 0.25) is 0 Å². The Hall–Kier alpha value is -2.45. The van der Waals surface area contributed by atoms with Crippen LogP contribution in [-0.2, 0) is 10.0 Å². The number of hydrogen-bond donors (Lipinski definition) is 2. The number of carbonyl (C=O) groups is 1. The molecule has 8 heteroatoms. The molecule has 0 atom stereocenters. The first-order valence-electron chi connectivity index (χ1n) is 5.61. The normalized spacial score (nSPS) is 11.1. The van der Waals surface area contributed by atoms with Crippen LogP contribution in [0.25, 0.3) is 0 Å². The number of primary sulfonamides is 1. The van der Waals surface area contributed by atoms with Gasteiger partial charge in [0.2, 0.25) is 10.0 Å². The minimum Gasteiger partial charge on any atom is -0.478 e. The van der Waals surface area contributed by atoms with Gasteiger partial charge in [0.05, 0.1) is 10.5 Å². The Kier molecular flexibility index (Phi) is 3.92. The zero-order chi connectivity index (χ0) is 15.6. The second-order valence-electron chi connectivity index (χ2n) is 4.07. The lowest BCUT2D eigenvalue weighted by atomic mass is 10.2.